The van der Waals surface area contributed by atoms with Crippen molar-refractivity contribution in [1.29, 1.82) is 0 Å². The van der Waals surface area contributed by atoms with E-state index in [1.165, 1.54) is 4.90 Å². The van der Waals surface area contributed by atoms with Crippen molar-refractivity contribution in [3.63, 3.8) is 0 Å². The fourth-order valence-electron chi connectivity index (χ4n) is 3.83. The van der Waals surface area contributed by atoms with Gasteiger partial charge in [-0.3, -0.25) is 13.9 Å². The third-order valence-electron chi connectivity index (χ3n) is 5.77. The molecule has 7 nitrogen and oxygen atoms in total. The molecular weight excluding hydrogens is 462 g/mol. The summed E-state index contributed by atoms with van der Waals surface area (Å²) in [5.74, 6) is -0.688. The minimum absolute atomic E-state index is 0.0603. The monoisotopic (exact) mass is 501 g/mol. The quantitative estimate of drug-likeness (QED) is 0.557. The molecule has 0 saturated carbocycles. The molecule has 0 radical (unpaired) electrons. The Bertz CT molecular complexity index is 1150. The number of carbonyl (C=O) groups excluding carboxylic acids is 2. The molecule has 0 aromatic heterocycles. The van der Waals surface area contributed by atoms with Crippen molar-refractivity contribution in [2.75, 3.05) is 17.1 Å². The predicted molar refractivity (Wildman–Crippen MR) is 142 cm³/mol. The Kier molecular flexibility index (Phi) is 9.11. The summed E-state index contributed by atoms with van der Waals surface area (Å²) in [6.45, 7) is 13.0. The zero-order valence-electron chi connectivity index (χ0n) is 22.1. The first kappa shape index (κ1) is 28.4. The van der Waals surface area contributed by atoms with Crippen LogP contribution in [0.5, 0.6) is 0 Å². The first-order valence-electron chi connectivity index (χ1n) is 11.8. The molecule has 35 heavy (non-hydrogen) atoms. The Hall–Kier alpha value is -2.87. The van der Waals surface area contributed by atoms with Crippen molar-refractivity contribution in [2.24, 2.45) is 0 Å². The smallest absolute Gasteiger partial charge is 0.244 e. The molecule has 2 aromatic carbocycles. The number of aryl methyl sites for hydroxylation is 1. The topological polar surface area (TPSA) is 86.8 Å². The molecule has 0 heterocycles. The lowest BCUT2D eigenvalue weighted by Crippen LogP contribution is -2.54. The summed E-state index contributed by atoms with van der Waals surface area (Å²) in [6.07, 6.45) is 1.10. The fraction of sp³-hybridized carbons (Fsp3) is 0.481. The number of amides is 2. The number of hydrogen-bond acceptors (Lipinski definition) is 4. The standard InChI is InChI=1S/C27H39N3O4S/c1-19(2)23-15-11-12-16-24(23)30(35(8,33)34)18-25(31)29(17-22-14-10-9-13-20(22)3)21(4)26(32)28-27(5,6)7/h9-16,19,21H,17-18H2,1-8H3,(H,28,32)/t21-/m1/s1. The molecule has 0 saturated heterocycles. The second-order valence-electron chi connectivity index (χ2n) is 10.3. The molecule has 2 amide bonds. The molecule has 0 aliphatic carbocycles. The van der Waals surface area contributed by atoms with Gasteiger partial charge in [0, 0.05) is 12.1 Å². The third kappa shape index (κ3) is 7.82. The van der Waals surface area contributed by atoms with Crippen LogP contribution in [0.1, 0.15) is 64.2 Å². The number of anilines is 1. The van der Waals surface area contributed by atoms with E-state index in [1.807, 2.05) is 77.9 Å². The van der Waals surface area contributed by atoms with Crippen molar-refractivity contribution < 1.29 is 18.0 Å². The van der Waals surface area contributed by atoms with Crippen LogP contribution >= 0.6 is 0 Å². The van der Waals surface area contributed by atoms with E-state index in [1.54, 1.807) is 19.1 Å². The van der Waals surface area contributed by atoms with Crippen LogP contribution in [0.25, 0.3) is 0 Å². The van der Waals surface area contributed by atoms with Crippen LogP contribution < -0.4 is 9.62 Å². The number of sulfonamides is 1. The highest BCUT2D eigenvalue weighted by Gasteiger charge is 2.32. The Balaban J connectivity index is 2.49. The Morgan fingerprint density at radius 3 is 2.09 bits per heavy atom. The summed E-state index contributed by atoms with van der Waals surface area (Å²) in [6, 6.07) is 14.0. The molecule has 0 fully saturated rings. The van der Waals surface area contributed by atoms with Crippen LogP contribution in [0.3, 0.4) is 0 Å². The molecule has 2 rings (SSSR count). The van der Waals surface area contributed by atoms with Crippen molar-refractivity contribution in [3.05, 3.63) is 65.2 Å². The maximum atomic E-state index is 13.7. The zero-order chi connectivity index (χ0) is 26.6. The Labute approximate surface area is 210 Å². The average Bonchev–Trinajstić information content (AvgIpc) is 2.74. The van der Waals surface area contributed by atoms with Crippen LogP contribution in [0, 0.1) is 6.92 Å². The van der Waals surface area contributed by atoms with E-state index in [2.05, 4.69) is 5.32 Å². The van der Waals surface area contributed by atoms with E-state index < -0.39 is 34.1 Å². The maximum absolute atomic E-state index is 13.7. The van der Waals surface area contributed by atoms with Gasteiger partial charge in [-0.25, -0.2) is 8.42 Å². The van der Waals surface area contributed by atoms with Gasteiger partial charge in [0.1, 0.15) is 12.6 Å². The van der Waals surface area contributed by atoms with Gasteiger partial charge in [-0.05, 0) is 63.3 Å². The highest BCUT2D eigenvalue weighted by Crippen LogP contribution is 2.29. The van der Waals surface area contributed by atoms with Crippen molar-refractivity contribution in [3.8, 4) is 0 Å². The van der Waals surface area contributed by atoms with Gasteiger partial charge >= 0.3 is 0 Å². The highest BCUT2D eigenvalue weighted by atomic mass is 32.2. The molecule has 0 aliphatic heterocycles. The van der Waals surface area contributed by atoms with Gasteiger partial charge in [-0.1, -0.05) is 56.3 Å². The number of carbonyl (C=O) groups is 2. The predicted octanol–water partition coefficient (Wildman–Crippen LogP) is 4.22. The number of rotatable bonds is 9. The van der Waals surface area contributed by atoms with Gasteiger partial charge in [0.05, 0.1) is 11.9 Å². The first-order valence-corrected chi connectivity index (χ1v) is 13.7. The van der Waals surface area contributed by atoms with E-state index in [0.29, 0.717) is 5.69 Å². The molecular formula is C27H39N3O4S. The lowest BCUT2D eigenvalue weighted by molar-refractivity contribution is -0.140. The summed E-state index contributed by atoms with van der Waals surface area (Å²) in [5, 5.41) is 2.93. The molecule has 1 N–H and O–H groups in total. The summed E-state index contributed by atoms with van der Waals surface area (Å²) in [5.41, 5.74) is 2.71. The van der Waals surface area contributed by atoms with Crippen molar-refractivity contribution in [1.82, 2.24) is 10.2 Å². The SMILES string of the molecule is Cc1ccccc1CN(C(=O)CN(c1ccccc1C(C)C)S(C)(=O)=O)[C@H](C)C(=O)NC(C)(C)C. The maximum Gasteiger partial charge on any atom is 0.244 e. The van der Waals surface area contributed by atoms with Gasteiger partial charge in [-0.2, -0.15) is 0 Å². The lowest BCUT2D eigenvalue weighted by Gasteiger charge is -2.34. The van der Waals surface area contributed by atoms with Crippen LogP contribution in [-0.2, 0) is 26.2 Å². The largest absolute Gasteiger partial charge is 0.350 e. The van der Waals surface area contributed by atoms with E-state index in [9.17, 15) is 18.0 Å². The van der Waals surface area contributed by atoms with Crippen LogP contribution in [-0.4, -0.2) is 49.5 Å². The molecule has 0 spiro atoms. The van der Waals surface area contributed by atoms with Crippen molar-refractivity contribution >= 4 is 27.5 Å². The minimum Gasteiger partial charge on any atom is -0.350 e. The number of hydrogen-bond donors (Lipinski definition) is 1. The Morgan fingerprint density at radius 1 is 0.971 bits per heavy atom. The summed E-state index contributed by atoms with van der Waals surface area (Å²) >= 11 is 0. The Morgan fingerprint density at radius 2 is 1.54 bits per heavy atom. The van der Waals surface area contributed by atoms with Crippen LogP contribution in [0.4, 0.5) is 5.69 Å². The number of nitrogens with zero attached hydrogens (tertiary/aromatic N) is 2. The number of para-hydroxylation sites is 1. The van der Waals surface area contributed by atoms with Gasteiger partial charge in [-0.15, -0.1) is 0 Å². The summed E-state index contributed by atoms with van der Waals surface area (Å²) in [7, 11) is -3.77. The molecule has 2 aromatic rings. The van der Waals surface area contributed by atoms with E-state index >= 15 is 0 Å². The van der Waals surface area contributed by atoms with Crippen LogP contribution in [0.15, 0.2) is 48.5 Å². The first-order chi connectivity index (χ1) is 16.1. The molecule has 192 valence electrons. The second kappa shape index (κ2) is 11.2. The molecule has 0 aliphatic rings. The van der Waals surface area contributed by atoms with E-state index in [-0.39, 0.29) is 18.4 Å². The fourth-order valence-corrected chi connectivity index (χ4v) is 4.69. The average molecular weight is 502 g/mol. The van der Waals surface area contributed by atoms with Crippen LogP contribution in [0.2, 0.25) is 0 Å². The van der Waals surface area contributed by atoms with Gasteiger partial charge in [0.2, 0.25) is 21.8 Å². The van der Waals surface area contributed by atoms with Crippen molar-refractivity contribution in [2.45, 2.75) is 72.5 Å². The normalized spacial score (nSPS) is 12.8. The molecule has 0 bridgehead atoms. The number of benzene rings is 2. The van der Waals surface area contributed by atoms with Gasteiger partial charge in [0.15, 0.2) is 0 Å². The van der Waals surface area contributed by atoms with Gasteiger partial charge in [0.25, 0.3) is 0 Å². The summed E-state index contributed by atoms with van der Waals surface area (Å²) in [4.78, 5) is 28.2. The molecule has 0 unspecified atom stereocenters. The highest BCUT2D eigenvalue weighted by molar-refractivity contribution is 7.92. The zero-order valence-corrected chi connectivity index (χ0v) is 22.9. The van der Waals surface area contributed by atoms with Gasteiger partial charge < -0.3 is 10.2 Å². The van der Waals surface area contributed by atoms with E-state index in [4.69, 9.17) is 0 Å². The number of nitrogens with one attached hydrogen (secondary N) is 1. The lowest BCUT2D eigenvalue weighted by atomic mass is 10.0. The molecule has 8 heteroatoms. The minimum atomic E-state index is -3.77. The summed E-state index contributed by atoms with van der Waals surface area (Å²) < 4.78 is 26.8. The molecule has 1 atom stereocenters. The van der Waals surface area contributed by atoms with E-state index in [0.717, 1.165) is 27.3 Å². The second-order valence-corrected chi connectivity index (χ2v) is 12.3. The third-order valence-corrected chi connectivity index (χ3v) is 6.90.